The number of hydrogen-bond acceptors (Lipinski definition) is 5. The third kappa shape index (κ3) is 25.0. The minimum atomic E-state index is -3.74. The van der Waals surface area contributed by atoms with Crippen LogP contribution in [-0.2, 0) is 18.6 Å². The van der Waals surface area contributed by atoms with E-state index in [1.165, 1.54) is 84.1 Å². The van der Waals surface area contributed by atoms with Gasteiger partial charge in [-0.25, -0.2) is 4.79 Å². The molecular formula is C27H58N2O6P+. The highest BCUT2D eigenvalue weighted by Crippen LogP contribution is 2.42. The van der Waals surface area contributed by atoms with Crippen LogP contribution < -0.4 is 5.32 Å². The highest BCUT2D eigenvalue weighted by Gasteiger charge is 2.24. The van der Waals surface area contributed by atoms with Gasteiger partial charge in [0.2, 0.25) is 0 Å². The maximum absolute atomic E-state index is 12.3. The predicted octanol–water partition coefficient (Wildman–Crippen LogP) is 6.51. The van der Waals surface area contributed by atoms with Crippen molar-refractivity contribution in [2.24, 2.45) is 0 Å². The molecule has 2 N–H and O–H groups in total. The molecule has 0 saturated carbocycles. The summed E-state index contributed by atoms with van der Waals surface area (Å²) in [6.45, 7) is 3.91. The van der Waals surface area contributed by atoms with Crippen molar-refractivity contribution in [1.82, 2.24) is 5.32 Å². The first-order chi connectivity index (χ1) is 17.1. The molecule has 0 heterocycles. The fourth-order valence-corrected chi connectivity index (χ4v) is 4.94. The number of alkyl carbamates (subject to hydrolysis) is 1. The Morgan fingerprint density at radius 3 is 1.83 bits per heavy atom. The van der Waals surface area contributed by atoms with E-state index in [1.807, 2.05) is 21.1 Å². The summed E-state index contributed by atoms with van der Waals surface area (Å²) in [5.41, 5.74) is 0. The van der Waals surface area contributed by atoms with E-state index in [9.17, 15) is 14.3 Å². The van der Waals surface area contributed by atoms with Gasteiger partial charge in [-0.05, 0) is 12.8 Å². The second kappa shape index (κ2) is 22.3. The van der Waals surface area contributed by atoms with E-state index in [-0.39, 0.29) is 25.8 Å². The van der Waals surface area contributed by atoms with E-state index < -0.39 is 19.8 Å². The molecule has 9 heteroatoms. The second-order valence-electron chi connectivity index (χ2n) is 10.9. The van der Waals surface area contributed by atoms with Gasteiger partial charge in [0.15, 0.2) is 0 Å². The van der Waals surface area contributed by atoms with Gasteiger partial charge in [0.05, 0.1) is 33.9 Å². The van der Waals surface area contributed by atoms with Crippen LogP contribution in [0, 0.1) is 0 Å². The zero-order valence-corrected chi connectivity index (χ0v) is 25.0. The molecule has 1 unspecified atom stereocenters. The van der Waals surface area contributed by atoms with Crippen molar-refractivity contribution < 1.29 is 32.7 Å². The molecule has 0 saturated heterocycles. The normalized spacial score (nSPS) is 14.4. The number of rotatable bonds is 25. The van der Waals surface area contributed by atoms with Crippen molar-refractivity contribution in [3.05, 3.63) is 0 Å². The third-order valence-electron chi connectivity index (χ3n) is 6.21. The molecular weight excluding hydrogens is 479 g/mol. The van der Waals surface area contributed by atoms with E-state index >= 15 is 0 Å². The Hall–Kier alpha value is -0.660. The number of amides is 1. The van der Waals surface area contributed by atoms with E-state index in [0.29, 0.717) is 17.6 Å². The van der Waals surface area contributed by atoms with Crippen LogP contribution in [0.4, 0.5) is 4.79 Å². The Kier molecular flexibility index (Phi) is 21.9. The molecule has 0 spiro atoms. The first kappa shape index (κ1) is 35.3. The Balaban J connectivity index is 3.88. The first-order valence-electron chi connectivity index (χ1n) is 14.3. The molecule has 0 aromatic rings. The number of carbonyl (C=O) groups is 1. The maximum atomic E-state index is 12.3. The van der Waals surface area contributed by atoms with Crippen LogP contribution in [0.15, 0.2) is 0 Å². The van der Waals surface area contributed by atoms with Crippen LogP contribution in [-0.4, -0.2) is 82.3 Å². The quantitative estimate of drug-likeness (QED) is 0.0784. The number of likely N-dealkylation sites (N-methyl/N-ethyl adjacent to an activating group) is 1. The number of nitrogens with zero attached hydrogens (tertiary/aromatic N) is 1. The van der Waals surface area contributed by atoms with Crippen LogP contribution >= 0.6 is 7.60 Å². The molecule has 1 amide bonds. The highest BCUT2D eigenvalue weighted by atomic mass is 31.2. The fourth-order valence-electron chi connectivity index (χ4n) is 3.83. The van der Waals surface area contributed by atoms with Crippen LogP contribution in [0.3, 0.4) is 0 Å². The van der Waals surface area contributed by atoms with Crippen molar-refractivity contribution in [3.8, 4) is 0 Å². The van der Waals surface area contributed by atoms with Gasteiger partial charge in [-0.1, -0.05) is 90.4 Å². The van der Waals surface area contributed by atoms with Crippen molar-refractivity contribution in [2.75, 3.05) is 60.7 Å². The first-order valence-corrected chi connectivity index (χ1v) is 16.1. The SMILES string of the molecule is CCCCCCCCCCCCCCCCOC[C@@H](CCP(=O)(O)OCC[N+](C)(C)C)OC(=O)NC. The average molecular weight is 538 g/mol. The number of quaternary nitrogens is 1. The van der Waals surface area contributed by atoms with E-state index in [2.05, 4.69) is 12.2 Å². The summed E-state index contributed by atoms with van der Waals surface area (Å²) in [5.74, 6) is 0. The predicted molar refractivity (Wildman–Crippen MR) is 149 cm³/mol. The lowest BCUT2D eigenvalue weighted by atomic mass is 10.0. The van der Waals surface area contributed by atoms with Gasteiger partial charge in [-0.15, -0.1) is 0 Å². The van der Waals surface area contributed by atoms with Gasteiger partial charge < -0.3 is 28.7 Å². The van der Waals surface area contributed by atoms with E-state index in [1.54, 1.807) is 0 Å². The molecule has 0 aliphatic carbocycles. The van der Waals surface area contributed by atoms with E-state index in [4.69, 9.17) is 14.0 Å². The summed E-state index contributed by atoms with van der Waals surface area (Å²) in [7, 11) is 3.73. The topological polar surface area (TPSA) is 94.1 Å². The number of carbonyl (C=O) groups excluding carboxylic acids is 1. The lowest BCUT2D eigenvalue weighted by molar-refractivity contribution is -0.870. The molecule has 0 aliphatic rings. The van der Waals surface area contributed by atoms with Gasteiger partial charge in [-0.2, -0.15) is 0 Å². The molecule has 0 fully saturated rings. The van der Waals surface area contributed by atoms with Gasteiger partial charge in [0, 0.05) is 13.7 Å². The maximum Gasteiger partial charge on any atom is 0.407 e. The monoisotopic (exact) mass is 537 g/mol. The number of nitrogens with one attached hydrogen (secondary N) is 1. The summed E-state index contributed by atoms with van der Waals surface area (Å²) in [4.78, 5) is 21.7. The molecule has 0 aromatic heterocycles. The fraction of sp³-hybridized carbons (Fsp3) is 0.963. The number of ether oxygens (including phenoxy) is 2. The van der Waals surface area contributed by atoms with Crippen molar-refractivity contribution >= 4 is 13.7 Å². The highest BCUT2D eigenvalue weighted by molar-refractivity contribution is 7.52. The molecule has 8 nitrogen and oxygen atoms in total. The Morgan fingerprint density at radius 2 is 1.36 bits per heavy atom. The Bertz CT molecular complexity index is 571. The van der Waals surface area contributed by atoms with Crippen molar-refractivity contribution in [2.45, 2.75) is 109 Å². The third-order valence-corrected chi connectivity index (χ3v) is 7.62. The van der Waals surface area contributed by atoms with Crippen LogP contribution in [0.1, 0.15) is 103 Å². The Labute approximate surface area is 222 Å². The number of hydrogen-bond donors (Lipinski definition) is 2. The molecule has 0 aliphatic heterocycles. The molecule has 0 aromatic carbocycles. The Morgan fingerprint density at radius 1 is 0.861 bits per heavy atom. The molecule has 36 heavy (non-hydrogen) atoms. The van der Waals surface area contributed by atoms with Crippen molar-refractivity contribution in [3.63, 3.8) is 0 Å². The molecule has 0 bridgehead atoms. The van der Waals surface area contributed by atoms with Gasteiger partial charge in [-0.3, -0.25) is 4.57 Å². The molecule has 0 radical (unpaired) electrons. The van der Waals surface area contributed by atoms with Gasteiger partial charge in [0.25, 0.3) is 0 Å². The summed E-state index contributed by atoms with van der Waals surface area (Å²) in [6, 6.07) is 0. The smallest absolute Gasteiger partial charge is 0.407 e. The summed E-state index contributed by atoms with van der Waals surface area (Å²) >= 11 is 0. The second-order valence-corrected chi connectivity index (χ2v) is 12.9. The van der Waals surface area contributed by atoms with Crippen LogP contribution in [0.25, 0.3) is 0 Å². The summed E-state index contributed by atoms with van der Waals surface area (Å²) < 4.78 is 29.2. The lowest BCUT2D eigenvalue weighted by Gasteiger charge is -2.24. The largest absolute Gasteiger partial charge is 0.444 e. The average Bonchev–Trinajstić information content (AvgIpc) is 2.81. The number of unbranched alkanes of at least 4 members (excludes halogenated alkanes) is 13. The zero-order valence-electron chi connectivity index (χ0n) is 24.1. The zero-order chi connectivity index (χ0) is 27.1. The summed E-state index contributed by atoms with van der Waals surface area (Å²) in [6.07, 6.45) is 17.3. The molecule has 0 rings (SSSR count). The lowest BCUT2D eigenvalue weighted by Crippen LogP contribution is -2.37. The molecule has 216 valence electrons. The standard InChI is InChI=1S/C27H57N2O6P/c1-6-7-8-9-10-11-12-13-14-15-16-17-18-19-22-33-25-26(35-27(30)28-2)20-24-36(31,32)34-23-21-29(3,4)5/h26H,6-25H2,1-5H3,(H-,28,30,31,32)/p+1/t26-/m1/s1. The summed E-state index contributed by atoms with van der Waals surface area (Å²) in [5, 5.41) is 2.42. The van der Waals surface area contributed by atoms with Crippen molar-refractivity contribution in [1.29, 1.82) is 0 Å². The minimum absolute atomic E-state index is 0.0754. The van der Waals surface area contributed by atoms with E-state index in [0.717, 1.165) is 12.8 Å². The van der Waals surface area contributed by atoms with Gasteiger partial charge >= 0.3 is 13.7 Å². The molecule has 2 atom stereocenters. The minimum Gasteiger partial charge on any atom is -0.444 e. The van der Waals surface area contributed by atoms with Crippen LogP contribution in [0.2, 0.25) is 0 Å². The van der Waals surface area contributed by atoms with Crippen LogP contribution in [0.5, 0.6) is 0 Å². The van der Waals surface area contributed by atoms with Gasteiger partial charge in [0.1, 0.15) is 19.3 Å².